The average Bonchev–Trinajstić information content (AvgIpc) is 2.65. The number of methoxy groups -OCH3 is 1. The molecule has 1 amide bonds. The highest BCUT2D eigenvalue weighted by atomic mass is 19.4. The van der Waals surface area contributed by atoms with Gasteiger partial charge in [-0.3, -0.25) is 14.4 Å². The predicted octanol–water partition coefficient (Wildman–Crippen LogP) is 2.20. The molecule has 1 aliphatic heterocycles. The summed E-state index contributed by atoms with van der Waals surface area (Å²) < 4.78 is 47.6. The molecule has 0 aromatic heterocycles. The van der Waals surface area contributed by atoms with E-state index < -0.39 is 30.2 Å². The lowest BCUT2D eigenvalue weighted by Gasteiger charge is -2.30. The van der Waals surface area contributed by atoms with Gasteiger partial charge in [0, 0.05) is 13.1 Å². The normalized spacial score (nSPS) is 15.3. The van der Waals surface area contributed by atoms with Gasteiger partial charge >= 0.3 is 18.1 Å². The van der Waals surface area contributed by atoms with E-state index in [0.29, 0.717) is 25.9 Å². The highest BCUT2D eigenvalue weighted by Gasteiger charge is 2.31. The van der Waals surface area contributed by atoms with Crippen molar-refractivity contribution in [2.75, 3.05) is 26.8 Å². The summed E-state index contributed by atoms with van der Waals surface area (Å²) in [6.07, 6.45) is -3.92. The first-order chi connectivity index (χ1) is 12.7. The first-order valence-electron chi connectivity index (χ1n) is 8.38. The number of likely N-dealkylation sites (tertiary alicyclic amines) is 1. The maximum Gasteiger partial charge on any atom is 0.416 e. The molecule has 0 saturated carbocycles. The fourth-order valence-electron chi connectivity index (χ4n) is 2.84. The molecule has 0 bridgehead atoms. The Morgan fingerprint density at radius 2 is 1.85 bits per heavy atom. The number of benzene rings is 1. The zero-order chi connectivity index (χ0) is 20.0. The fourth-order valence-corrected chi connectivity index (χ4v) is 2.84. The molecule has 27 heavy (non-hydrogen) atoms. The molecule has 0 atom stereocenters. The van der Waals surface area contributed by atoms with Crippen molar-refractivity contribution >= 4 is 17.8 Å². The Kier molecular flexibility index (Phi) is 6.81. The van der Waals surface area contributed by atoms with Crippen LogP contribution in [0, 0.1) is 5.92 Å². The number of ether oxygens (including phenoxy) is 2. The summed E-state index contributed by atoms with van der Waals surface area (Å²) in [6.45, 7) is 0.217. The lowest BCUT2D eigenvalue weighted by Crippen LogP contribution is -2.42. The van der Waals surface area contributed by atoms with E-state index in [4.69, 9.17) is 4.74 Å². The number of carbonyl (C=O) groups excluding carboxylic acids is 3. The Balaban J connectivity index is 1.79. The van der Waals surface area contributed by atoms with Crippen molar-refractivity contribution in [3.05, 3.63) is 35.4 Å². The second kappa shape index (κ2) is 8.88. The number of carbonyl (C=O) groups is 3. The number of nitrogens with zero attached hydrogens (tertiary/aromatic N) is 1. The quantitative estimate of drug-likeness (QED) is 0.725. The van der Waals surface area contributed by atoms with Crippen LogP contribution in [0.1, 0.15) is 24.0 Å². The SMILES string of the molecule is COC(=O)C1CCN(C(=O)COC(=O)Cc2cccc(C(F)(F)F)c2)CC1. The first kappa shape index (κ1) is 20.7. The highest BCUT2D eigenvalue weighted by Crippen LogP contribution is 2.29. The van der Waals surface area contributed by atoms with Gasteiger partial charge in [0.2, 0.25) is 0 Å². The van der Waals surface area contributed by atoms with Crippen LogP contribution in [0.2, 0.25) is 0 Å². The summed E-state index contributed by atoms with van der Waals surface area (Å²) >= 11 is 0. The van der Waals surface area contributed by atoms with Gasteiger partial charge in [0.1, 0.15) is 0 Å². The van der Waals surface area contributed by atoms with Crippen molar-refractivity contribution in [2.45, 2.75) is 25.4 Å². The molecule has 9 heteroatoms. The van der Waals surface area contributed by atoms with Crippen LogP contribution in [0.15, 0.2) is 24.3 Å². The largest absolute Gasteiger partial charge is 0.469 e. The van der Waals surface area contributed by atoms with Crippen LogP contribution in [0.25, 0.3) is 0 Å². The minimum atomic E-state index is -4.49. The number of piperidine rings is 1. The monoisotopic (exact) mass is 387 g/mol. The van der Waals surface area contributed by atoms with E-state index in [0.717, 1.165) is 12.1 Å². The third kappa shape index (κ3) is 5.97. The number of hydrogen-bond donors (Lipinski definition) is 0. The average molecular weight is 387 g/mol. The fraction of sp³-hybridized carbons (Fsp3) is 0.500. The molecule has 0 N–H and O–H groups in total. The van der Waals surface area contributed by atoms with Gasteiger partial charge in [-0.1, -0.05) is 18.2 Å². The topological polar surface area (TPSA) is 72.9 Å². The van der Waals surface area contributed by atoms with Crippen molar-refractivity contribution in [2.24, 2.45) is 5.92 Å². The Hall–Kier alpha value is -2.58. The number of alkyl halides is 3. The molecule has 0 aliphatic carbocycles. The first-order valence-corrected chi connectivity index (χ1v) is 8.38. The van der Waals surface area contributed by atoms with E-state index in [9.17, 15) is 27.6 Å². The molecule has 1 fully saturated rings. The van der Waals surface area contributed by atoms with Gasteiger partial charge in [-0.25, -0.2) is 0 Å². The van der Waals surface area contributed by atoms with Gasteiger partial charge < -0.3 is 14.4 Å². The molecular formula is C18H20F3NO5. The molecule has 1 aromatic carbocycles. The van der Waals surface area contributed by atoms with Crippen molar-refractivity contribution in [3.8, 4) is 0 Å². The molecule has 6 nitrogen and oxygen atoms in total. The molecule has 0 radical (unpaired) electrons. The number of rotatable bonds is 5. The summed E-state index contributed by atoms with van der Waals surface area (Å²) in [7, 11) is 1.31. The summed E-state index contributed by atoms with van der Waals surface area (Å²) in [6, 6.07) is 4.38. The van der Waals surface area contributed by atoms with E-state index in [1.807, 2.05) is 0 Å². The van der Waals surface area contributed by atoms with Crippen LogP contribution in [-0.2, 0) is 36.5 Å². The lowest BCUT2D eigenvalue weighted by atomic mass is 9.97. The van der Waals surface area contributed by atoms with Crippen LogP contribution in [-0.4, -0.2) is 49.6 Å². The molecule has 0 unspecified atom stereocenters. The smallest absolute Gasteiger partial charge is 0.416 e. The van der Waals surface area contributed by atoms with Gasteiger partial charge in [-0.05, 0) is 24.5 Å². The second-order valence-electron chi connectivity index (χ2n) is 6.21. The summed E-state index contributed by atoms with van der Waals surface area (Å²) in [5.41, 5.74) is -0.696. The van der Waals surface area contributed by atoms with E-state index >= 15 is 0 Å². The Bertz CT molecular complexity index is 696. The summed E-state index contributed by atoms with van der Waals surface area (Å²) in [5.74, 6) is -1.75. The molecule has 1 saturated heterocycles. The number of esters is 2. The molecule has 1 aliphatic rings. The minimum absolute atomic E-state index is 0.154. The van der Waals surface area contributed by atoms with Gasteiger partial charge in [-0.2, -0.15) is 13.2 Å². The van der Waals surface area contributed by atoms with Crippen LogP contribution < -0.4 is 0 Å². The molecule has 1 aromatic rings. The zero-order valence-corrected chi connectivity index (χ0v) is 14.8. The summed E-state index contributed by atoms with van der Waals surface area (Å²) in [4.78, 5) is 36.8. The van der Waals surface area contributed by atoms with Crippen molar-refractivity contribution in [1.82, 2.24) is 4.90 Å². The second-order valence-corrected chi connectivity index (χ2v) is 6.21. The van der Waals surface area contributed by atoms with Crippen LogP contribution in [0.4, 0.5) is 13.2 Å². The molecule has 148 valence electrons. The molecular weight excluding hydrogens is 367 g/mol. The zero-order valence-electron chi connectivity index (χ0n) is 14.8. The lowest BCUT2D eigenvalue weighted by molar-refractivity contribution is -0.153. The van der Waals surface area contributed by atoms with Crippen LogP contribution >= 0.6 is 0 Å². The predicted molar refractivity (Wildman–Crippen MR) is 87.4 cm³/mol. The van der Waals surface area contributed by atoms with E-state index in [2.05, 4.69) is 4.74 Å². The number of halogens is 3. The minimum Gasteiger partial charge on any atom is -0.469 e. The number of hydrogen-bond acceptors (Lipinski definition) is 5. The standard InChI is InChI=1S/C18H20F3NO5/c1-26-17(25)13-5-7-22(8-6-13)15(23)11-27-16(24)10-12-3-2-4-14(9-12)18(19,20)21/h2-4,9,13H,5-8,10-11H2,1H3. The maximum atomic E-state index is 12.7. The molecule has 0 spiro atoms. The molecule has 2 rings (SSSR count). The van der Waals surface area contributed by atoms with E-state index in [1.54, 1.807) is 0 Å². The van der Waals surface area contributed by atoms with E-state index in [-0.39, 0.29) is 23.9 Å². The Labute approximate surface area is 154 Å². The van der Waals surface area contributed by atoms with E-state index in [1.165, 1.54) is 24.1 Å². The summed E-state index contributed by atoms with van der Waals surface area (Å²) in [5, 5.41) is 0. The van der Waals surface area contributed by atoms with Crippen LogP contribution in [0.5, 0.6) is 0 Å². The van der Waals surface area contributed by atoms with Gasteiger partial charge in [0.05, 0.1) is 25.0 Å². The van der Waals surface area contributed by atoms with Gasteiger partial charge in [-0.15, -0.1) is 0 Å². The number of amides is 1. The Morgan fingerprint density at radius 1 is 1.19 bits per heavy atom. The van der Waals surface area contributed by atoms with Crippen molar-refractivity contribution in [3.63, 3.8) is 0 Å². The van der Waals surface area contributed by atoms with Gasteiger partial charge in [0.15, 0.2) is 6.61 Å². The van der Waals surface area contributed by atoms with Crippen molar-refractivity contribution < 1.29 is 37.0 Å². The maximum absolute atomic E-state index is 12.7. The van der Waals surface area contributed by atoms with Crippen LogP contribution in [0.3, 0.4) is 0 Å². The third-order valence-electron chi connectivity index (χ3n) is 4.34. The van der Waals surface area contributed by atoms with Crippen molar-refractivity contribution in [1.29, 1.82) is 0 Å². The highest BCUT2D eigenvalue weighted by molar-refractivity contribution is 5.81. The Morgan fingerprint density at radius 3 is 2.44 bits per heavy atom. The molecule has 1 heterocycles. The third-order valence-corrected chi connectivity index (χ3v) is 4.34. The van der Waals surface area contributed by atoms with Gasteiger partial charge in [0.25, 0.3) is 5.91 Å².